The average molecular weight is 477 g/mol. The van der Waals surface area contributed by atoms with Crippen molar-refractivity contribution in [2.75, 3.05) is 7.11 Å². The molecule has 1 heterocycles. The summed E-state index contributed by atoms with van der Waals surface area (Å²) in [5, 5.41) is 2.87. The summed E-state index contributed by atoms with van der Waals surface area (Å²) in [7, 11) is 1.40. The van der Waals surface area contributed by atoms with Gasteiger partial charge in [-0.1, -0.05) is 44.2 Å². The third-order valence-corrected chi connectivity index (χ3v) is 5.11. The van der Waals surface area contributed by atoms with Crippen LogP contribution in [0.5, 0.6) is 17.2 Å². The first-order valence-electron chi connectivity index (χ1n) is 11.6. The van der Waals surface area contributed by atoms with E-state index in [1.54, 1.807) is 36.5 Å². The van der Waals surface area contributed by atoms with Crippen molar-refractivity contribution < 1.29 is 18.7 Å². The molecule has 1 N–H and O–H groups in total. The highest BCUT2D eigenvalue weighted by Gasteiger charge is 2.14. The first-order valence-corrected chi connectivity index (χ1v) is 11.6. The Balaban J connectivity index is 0.00000210. The predicted molar refractivity (Wildman–Crippen MR) is 139 cm³/mol. The molecule has 184 valence electrons. The second kappa shape index (κ2) is 13.7. The molecule has 0 aliphatic rings. The zero-order valence-corrected chi connectivity index (χ0v) is 21.2. The number of carbonyl (C=O) groups is 1. The van der Waals surface area contributed by atoms with Gasteiger partial charge in [-0.05, 0) is 62.2 Å². The van der Waals surface area contributed by atoms with Crippen LogP contribution in [0.4, 0.5) is 4.39 Å². The van der Waals surface area contributed by atoms with Crippen LogP contribution in [0, 0.1) is 12.7 Å². The van der Waals surface area contributed by atoms with Gasteiger partial charge in [0.05, 0.1) is 12.8 Å². The van der Waals surface area contributed by atoms with E-state index >= 15 is 0 Å². The number of allylic oxidation sites excluding steroid dienone is 4. The van der Waals surface area contributed by atoms with E-state index in [1.165, 1.54) is 13.2 Å². The lowest BCUT2D eigenvalue weighted by Gasteiger charge is -2.14. The van der Waals surface area contributed by atoms with Crippen molar-refractivity contribution in [3.05, 3.63) is 101 Å². The van der Waals surface area contributed by atoms with Gasteiger partial charge in [0.15, 0.2) is 11.6 Å². The van der Waals surface area contributed by atoms with Crippen LogP contribution in [-0.2, 0) is 6.54 Å². The molecule has 6 heteroatoms. The molecule has 0 spiro atoms. The topological polar surface area (TPSA) is 60.5 Å². The predicted octanol–water partition coefficient (Wildman–Crippen LogP) is 7.27. The molecule has 0 aliphatic heterocycles. The van der Waals surface area contributed by atoms with Crippen LogP contribution in [0.2, 0.25) is 0 Å². The SMILES string of the molecule is C/C=C\C(=C/C)c1cc(Oc2cccc(C(=O)NCc3ccc(F)c(OC)c3)c2C)ccn1.CC. The standard InChI is InChI=1S/C27H27FN2O3.C2H6/c1-5-8-20(6-2)24-16-21(13-14-29-24)33-25-10-7-9-22(18(25)3)27(31)30-17-19-11-12-23(28)26(15-19)32-4;1-2/h5-16H,17H2,1-4H3,(H,30,31);1-2H3/b8-5-,20-6+;. The highest BCUT2D eigenvalue weighted by Crippen LogP contribution is 2.29. The number of halogens is 1. The van der Waals surface area contributed by atoms with E-state index in [0.717, 1.165) is 16.8 Å². The fraction of sp³-hybridized carbons (Fsp3) is 0.241. The number of hydrogen-bond acceptors (Lipinski definition) is 4. The normalized spacial score (nSPS) is 11.0. The second-order valence-electron chi connectivity index (χ2n) is 7.30. The van der Waals surface area contributed by atoms with Gasteiger partial charge in [-0.25, -0.2) is 4.39 Å². The molecule has 0 bridgehead atoms. The fourth-order valence-electron chi connectivity index (χ4n) is 3.33. The number of amides is 1. The van der Waals surface area contributed by atoms with E-state index in [4.69, 9.17) is 9.47 Å². The minimum atomic E-state index is -0.445. The Bertz CT molecular complexity index is 1200. The average Bonchev–Trinajstić information content (AvgIpc) is 2.89. The van der Waals surface area contributed by atoms with Crippen LogP contribution < -0.4 is 14.8 Å². The second-order valence-corrected chi connectivity index (χ2v) is 7.30. The lowest BCUT2D eigenvalue weighted by Crippen LogP contribution is -2.23. The molecule has 3 rings (SSSR count). The Hall–Kier alpha value is -3.93. The zero-order valence-electron chi connectivity index (χ0n) is 21.2. The third kappa shape index (κ3) is 7.27. The van der Waals surface area contributed by atoms with Crippen molar-refractivity contribution in [2.45, 2.75) is 41.2 Å². The van der Waals surface area contributed by atoms with Gasteiger partial charge >= 0.3 is 0 Å². The maximum Gasteiger partial charge on any atom is 0.251 e. The summed E-state index contributed by atoms with van der Waals surface area (Å²) in [6.45, 7) is 9.99. The Morgan fingerprint density at radius 1 is 1.09 bits per heavy atom. The van der Waals surface area contributed by atoms with Gasteiger partial charge in [0.1, 0.15) is 11.5 Å². The molecule has 0 unspecified atom stereocenters. The zero-order chi connectivity index (χ0) is 25.8. The lowest BCUT2D eigenvalue weighted by atomic mass is 10.1. The summed E-state index contributed by atoms with van der Waals surface area (Å²) in [5.74, 6) is 0.653. The molecular weight excluding hydrogens is 443 g/mol. The summed E-state index contributed by atoms with van der Waals surface area (Å²) < 4.78 is 24.7. The molecule has 1 amide bonds. The molecular formula is C29H33FN2O3. The van der Waals surface area contributed by atoms with Crippen LogP contribution in [0.15, 0.2) is 73.0 Å². The molecule has 0 fully saturated rings. The summed E-state index contributed by atoms with van der Waals surface area (Å²) in [6, 6.07) is 13.5. The van der Waals surface area contributed by atoms with Crippen molar-refractivity contribution in [3.8, 4) is 17.2 Å². The number of benzene rings is 2. The van der Waals surface area contributed by atoms with E-state index in [2.05, 4.69) is 10.3 Å². The molecule has 1 aromatic heterocycles. The fourth-order valence-corrected chi connectivity index (χ4v) is 3.33. The first-order chi connectivity index (χ1) is 17.0. The summed E-state index contributed by atoms with van der Waals surface area (Å²) >= 11 is 0. The van der Waals surface area contributed by atoms with E-state index in [9.17, 15) is 9.18 Å². The van der Waals surface area contributed by atoms with E-state index in [0.29, 0.717) is 22.6 Å². The van der Waals surface area contributed by atoms with Crippen LogP contribution in [-0.4, -0.2) is 18.0 Å². The first kappa shape index (κ1) is 27.3. The van der Waals surface area contributed by atoms with E-state index in [-0.39, 0.29) is 18.2 Å². The van der Waals surface area contributed by atoms with Gasteiger partial charge < -0.3 is 14.8 Å². The highest BCUT2D eigenvalue weighted by molar-refractivity contribution is 5.96. The van der Waals surface area contributed by atoms with Crippen LogP contribution in [0.3, 0.4) is 0 Å². The van der Waals surface area contributed by atoms with Gasteiger partial charge in [0.2, 0.25) is 0 Å². The molecule has 0 atom stereocenters. The minimum absolute atomic E-state index is 0.139. The number of rotatable bonds is 8. The van der Waals surface area contributed by atoms with Crippen LogP contribution in [0.25, 0.3) is 5.57 Å². The summed E-state index contributed by atoms with van der Waals surface area (Å²) in [6.07, 6.45) is 7.62. The molecule has 35 heavy (non-hydrogen) atoms. The maximum atomic E-state index is 13.6. The summed E-state index contributed by atoms with van der Waals surface area (Å²) in [4.78, 5) is 17.2. The smallest absolute Gasteiger partial charge is 0.251 e. The molecule has 0 radical (unpaired) electrons. The maximum absolute atomic E-state index is 13.6. The number of aromatic nitrogens is 1. The van der Waals surface area contributed by atoms with Crippen molar-refractivity contribution in [1.82, 2.24) is 10.3 Å². The van der Waals surface area contributed by atoms with Crippen molar-refractivity contribution in [1.29, 1.82) is 0 Å². The third-order valence-electron chi connectivity index (χ3n) is 5.11. The number of nitrogens with one attached hydrogen (secondary N) is 1. The van der Waals surface area contributed by atoms with Gasteiger partial charge in [0, 0.05) is 29.9 Å². The van der Waals surface area contributed by atoms with Gasteiger partial charge in [-0.15, -0.1) is 0 Å². The number of hydrogen-bond donors (Lipinski definition) is 1. The van der Waals surface area contributed by atoms with Crippen molar-refractivity contribution in [2.24, 2.45) is 0 Å². The number of nitrogens with zero attached hydrogens (tertiary/aromatic N) is 1. The number of pyridine rings is 1. The van der Waals surface area contributed by atoms with Gasteiger partial charge in [-0.2, -0.15) is 0 Å². The largest absolute Gasteiger partial charge is 0.494 e. The number of methoxy groups -OCH3 is 1. The number of carbonyl (C=O) groups excluding carboxylic acids is 1. The Morgan fingerprint density at radius 3 is 2.54 bits per heavy atom. The summed E-state index contributed by atoms with van der Waals surface area (Å²) in [5.41, 5.74) is 3.74. The van der Waals surface area contributed by atoms with Crippen LogP contribution >= 0.6 is 0 Å². The Morgan fingerprint density at radius 2 is 1.86 bits per heavy atom. The molecule has 3 aromatic rings. The van der Waals surface area contributed by atoms with Gasteiger partial charge in [0.25, 0.3) is 5.91 Å². The van der Waals surface area contributed by atoms with E-state index < -0.39 is 5.82 Å². The molecule has 2 aromatic carbocycles. The van der Waals surface area contributed by atoms with Gasteiger partial charge in [-0.3, -0.25) is 9.78 Å². The monoisotopic (exact) mass is 476 g/mol. The lowest BCUT2D eigenvalue weighted by molar-refractivity contribution is 0.0950. The van der Waals surface area contributed by atoms with Crippen molar-refractivity contribution >= 4 is 11.5 Å². The highest BCUT2D eigenvalue weighted by atomic mass is 19.1. The van der Waals surface area contributed by atoms with E-state index in [1.807, 2.05) is 65.0 Å². The van der Waals surface area contributed by atoms with Crippen molar-refractivity contribution in [3.63, 3.8) is 0 Å². The van der Waals surface area contributed by atoms with Crippen LogP contribution in [0.1, 0.15) is 54.9 Å². The minimum Gasteiger partial charge on any atom is -0.494 e. The molecule has 0 saturated carbocycles. The number of ether oxygens (including phenoxy) is 2. The Kier molecular flexibility index (Phi) is 10.7. The molecule has 0 aliphatic carbocycles. The molecule has 0 saturated heterocycles. The molecule has 5 nitrogen and oxygen atoms in total. The Labute approximate surface area is 207 Å². The quantitative estimate of drug-likeness (QED) is 0.348.